The standard InChI is InChI=1S/C19H35N5S/c1-14-8-15(2)10-24(9-14)19(4,5)13-21-18(20-6)23(7)11-17-12-25-16(3)22-17/h12,14-15H,8-11,13H2,1-7H3,(H,20,21). The first kappa shape index (κ1) is 20.2. The molecule has 1 aromatic heterocycles. The molecule has 0 bridgehead atoms. The fraction of sp³-hybridized carbons (Fsp3) is 0.789. The molecule has 0 aromatic carbocycles. The number of rotatable bonds is 5. The van der Waals surface area contributed by atoms with Crippen molar-refractivity contribution in [3.63, 3.8) is 0 Å². The zero-order chi connectivity index (χ0) is 18.6. The number of hydrogen-bond donors (Lipinski definition) is 1. The third kappa shape index (κ3) is 5.68. The van der Waals surface area contributed by atoms with Crippen LogP contribution >= 0.6 is 11.3 Å². The van der Waals surface area contributed by atoms with Crippen LogP contribution in [0.5, 0.6) is 0 Å². The molecule has 5 nitrogen and oxygen atoms in total. The molecule has 1 N–H and O–H groups in total. The average Bonchev–Trinajstić information content (AvgIpc) is 2.91. The van der Waals surface area contributed by atoms with Gasteiger partial charge in [0.15, 0.2) is 5.96 Å². The predicted octanol–water partition coefficient (Wildman–Crippen LogP) is 3.22. The maximum Gasteiger partial charge on any atom is 0.193 e. The van der Waals surface area contributed by atoms with E-state index in [0.29, 0.717) is 0 Å². The van der Waals surface area contributed by atoms with Crippen LogP contribution in [0.2, 0.25) is 0 Å². The molecule has 0 spiro atoms. The minimum absolute atomic E-state index is 0.108. The minimum Gasteiger partial charge on any atom is -0.354 e. The highest BCUT2D eigenvalue weighted by atomic mass is 32.1. The van der Waals surface area contributed by atoms with Crippen LogP contribution in [-0.4, -0.2) is 60.0 Å². The Morgan fingerprint density at radius 3 is 2.56 bits per heavy atom. The van der Waals surface area contributed by atoms with Crippen LogP contribution in [0.1, 0.15) is 44.8 Å². The van der Waals surface area contributed by atoms with Gasteiger partial charge in [-0.05, 0) is 39.0 Å². The van der Waals surface area contributed by atoms with Crippen LogP contribution < -0.4 is 5.32 Å². The number of aliphatic imine (C=N–C) groups is 1. The van der Waals surface area contributed by atoms with E-state index in [4.69, 9.17) is 0 Å². The molecule has 0 radical (unpaired) electrons. The van der Waals surface area contributed by atoms with Crippen LogP contribution in [-0.2, 0) is 6.54 Å². The van der Waals surface area contributed by atoms with Crippen molar-refractivity contribution in [3.8, 4) is 0 Å². The Bertz CT molecular complexity index is 570. The molecule has 0 saturated carbocycles. The number of aryl methyl sites for hydroxylation is 1. The van der Waals surface area contributed by atoms with Gasteiger partial charge in [0.1, 0.15) is 0 Å². The fourth-order valence-electron chi connectivity index (χ4n) is 3.75. The lowest BCUT2D eigenvalue weighted by atomic mass is 9.88. The summed E-state index contributed by atoms with van der Waals surface area (Å²) in [7, 11) is 3.92. The van der Waals surface area contributed by atoms with Gasteiger partial charge in [-0.25, -0.2) is 4.98 Å². The normalized spacial score (nSPS) is 22.9. The zero-order valence-electron chi connectivity index (χ0n) is 17.0. The van der Waals surface area contributed by atoms with Gasteiger partial charge in [0.2, 0.25) is 0 Å². The molecule has 0 amide bonds. The van der Waals surface area contributed by atoms with Gasteiger partial charge in [0.05, 0.1) is 17.2 Å². The Hall–Kier alpha value is -1.14. The van der Waals surface area contributed by atoms with Crippen LogP contribution in [0.25, 0.3) is 0 Å². The largest absolute Gasteiger partial charge is 0.354 e. The highest BCUT2D eigenvalue weighted by Crippen LogP contribution is 2.26. The van der Waals surface area contributed by atoms with Crippen molar-refractivity contribution in [2.45, 2.75) is 53.1 Å². The zero-order valence-corrected chi connectivity index (χ0v) is 17.8. The predicted molar refractivity (Wildman–Crippen MR) is 108 cm³/mol. The second kappa shape index (κ2) is 8.49. The van der Waals surface area contributed by atoms with Gasteiger partial charge in [0, 0.05) is 44.6 Å². The number of nitrogens with zero attached hydrogens (tertiary/aromatic N) is 4. The molecule has 1 aromatic rings. The third-order valence-corrected chi connectivity index (χ3v) is 5.87. The van der Waals surface area contributed by atoms with Crippen molar-refractivity contribution >= 4 is 17.3 Å². The molecule has 1 fully saturated rings. The lowest BCUT2D eigenvalue weighted by Gasteiger charge is -2.45. The summed E-state index contributed by atoms with van der Waals surface area (Å²) in [4.78, 5) is 13.8. The van der Waals surface area contributed by atoms with Crippen molar-refractivity contribution in [1.29, 1.82) is 0 Å². The summed E-state index contributed by atoms with van der Waals surface area (Å²) in [6.45, 7) is 15.5. The van der Waals surface area contributed by atoms with Crippen LogP contribution in [0, 0.1) is 18.8 Å². The number of thiazole rings is 1. The third-order valence-electron chi connectivity index (χ3n) is 5.04. The molecule has 6 heteroatoms. The minimum atomic E-state index is 0.108. The Morgan fingerprint density at radius 1 is 1.40 bits per heavy atom. The Morgan fingerprint density at radius 2 is 2.04 bits per heavy atom. The molecule has 1 aliphatic heterocycles. The van der Waals surface area contributed by atoms with Gasteiger partial charge in [-0.2, -0.15) is 0 Å². The lowest BCUT2D eigenvalue weighted by Crippen LogP contribution is -2.57. The SMILES string of the molecule is CN=C(NCC(C)(C)N1CC(C)CC(C)C1)N(C)Cc1csc(C)n1. The number of hydrogen-bond acceptors (Lipinski definition) is 4. The van der Waals surface area contributed by atoms with Gasteiger partial charge in [-0.3, -0.25) is 9.89 Å². The summed E-state index contributed by atoms with van der Waals surface area (Å²) in [5.74, 6) is 2.48. The Balaban J connectivity index is 1.92. The first-order valence-corrected chi connectivity index (χ1v) is 10.2. The maximum absolute atomic E-state index is 4.55. The first-order chi connectivity index (χ1) is 11.7. The van der Waals surface area contributed by atoms with Gasteiger partial charge < -0.3 is 10.2 Å². The van der Waals surface area contributed by atoms with E-state index >= 15 is 0 Å². The smallest absolute Gasteiger partial charge is 0.193 e. The van der Waals surface area contributed by atoms with E-state index in [2.05, 4.69) is 65.2 Å². The molecule has 1 aliphatic rings. The molecule has 142 valence electrons. The molecule has 1 saturated heterocycles. The molecule has 25 heavy (non-hydrogen) atoms. The number of likely N-dealkylation sites (tertiary alicyclic amines) is 1. The van der Waals surface area contributed by atoms with E-state index in [1.54, 1.807) is 11.3 Å². The molecule has 2 heterocycles. The van der Waals surface area contributed by atoms with Crippen molar-refractivity contribution in [2.24, 2.45) is 16.8 Å². The average molecular weight is 366 g/mol. The van der Waals surface area contributed by atoms with E-state index in [1.807, 2.05) is 14.0 Å². The highest BCUT2D eigenvalue weighted by molar-refractivity contribution is 7.09. The number of guanidine groups is 1. The number of nitrogens with one attached hydrogen (secondary N) is 1. The van der Waals surface area contributed by atoms with E-state index in [9.17, 15) is 0 Å². The molecular weight excluding hydrogens is 330 g/mol. The van der Waals surface area contributed by atoms with Crippen LogP contribution in [0.15, 0.2) is 10.4 Å². The monoisotopic (exact) mass is 365 g/mol. The summed E-state index contributed by atoms with van der Waals surface area (Å²) < 4.78 is 0. The summed E-state index contributed by atoms with van der Waals surface area (Å²) in [6, 6.07) is 0. The van der Waals surface area contributed by atoms with Crippen LogP contribution in [0.3, 0.4) is 0 Å². The van der Waals surface area contributed by atoms with Crippen LogP contribution in [0.4, 0.5) is 0 Å². The van der Waals surface area contributed by atoms with Gasteiger partial charge >= 0.3 is 0 Å². The van der Waals surface area contributed by atoms with E-state index in [0.717, 1.165) is 41.6 Å². The van der Waals surface area contributed by atoms with E-state index in [1.165, 1.54) is 19.5 Å². The Kier molecular flexibility index (Phi) is 6.86. The molecule has 2 atom stereocenters. The molecule has 2 unspecified atom stereocenters. The van der Waals surface area contributed by atoms with Gasteiger partial charge in [-0.15, -0.1) is 11.3 Å². The summed E-state index contributed by atoms with van der Waals surface area (Å²) in [5.41, 5.74) is 1.21. The number of piperidine rings is 1. The van der Waals surface area contributed by atoms with Crippen molar-refractivity contribution in [1.82, 2.24) is 20.1 Å². The topological polar surface area (TPSA) is 43.8 Å². The summed E-state index contributed by atoms with van der Waals surface area (Å²) in [5, 5.41) is 6.81. The second-order valence-corrected chi connectivity index (χ2v) is 9.34. The quantitative estimate of drug-likeness (QED) is 0.643. The summed E-state index contributed by atoms with van der Waals surface area (Å²) in [6.07, 6.45) is 1.34. The molecule has 2 rings (SSSR count). The maximum atomic E-state index is 4.55. The van der Waals surface area contributed by atoms with Gasteiger partial charge in [-0.1, -0.05) is 13.8 Å². The second-order valence-electron chi connectivity index (χ2n) is 8.28. The van der Waals surface area contributed by atoms with Crippen molar-refractivity contribution < 1.29 is 0 Å². The Labute approximate surface area is 157 Å². The van der Waals surface area contributed by atoms with E-state index < -0.39 is 0 Å². The lowest BCUT2D eigenvalue weighted by molar-refractivity contribution is 0.0480. The first-order valence-electron chi connectivity index (χ1n) is 9.29. The number of aromatic nitrogens is 1. The van der Waals surface area contributed by atoms with Crippen molar-refractivity contribution in [3.05, 3.63) is 16.1 Å². The van der Waals surface area contributed by atoms with Crippen molar-refractivity contribution in [2.75, 3.05) is 33.7 Å². The fourth-order valence-corrected chi connectivity index (χ4v) is 4.35. The van der Waals surface area contributed by atoms with E-state index in [-0.39, 0.29) is 5.54 Å². The molecule has 0 aliphatic carbocycles. The summed E-state index contributed by atoms with van der Waals surface area (Å²) >= 11 is 1.70. The highest BCUT2D eigenvalue weighted by Gasteiger charge is 2.32. The van der Waals surface area contributed by atoms with Gasteiger partial charge in [0.25, 0.3) is 0 Å². The molecular formula is C19H35N5S.